The van der Waals surface area contributed by atoms with Gasteiger partial charge in [0.1, 0.15) is 0 Å². The third-order valence-corrected chi connectivity index (χ3v) is 4.75. The van der Waals surface area contributed by atoms with E-state index in [0.717, 1.165) is 18.7 Å². The topological polar surface area (TPSA) is 23.6 Å². The van der Waals surface area contributed by atoms with E-state index in [9.17, 15) is 4.79 Å². The molecule has 0 saturated carbocycles. The van der Waals surface area contributed by atoms with Crippen LogP contribution in [-0.2, 0) is 0 Å². The zero-order valence-corrected chi connectivity index (χ0v) is 14.4. The van der Waals surface area contributed by atoms with Gasteiger partial charge in [0, 0.05) is 24.7 Å². The molecule has 0 aromatic heterocycles. The van der Waals surface area contributed by atoms with E-state index in [2.05, 4.69) is 24.1 Å². The molecule has 0 bridgehead atoms. The van der Waals surface area contributed by atoms with Crippen molar-refractivity contribution in [3.05, 3.63) is 69.7 Å². The second-order valence-electron chi connectivity index (χ2n) is 5.81. The fourth-order valence-electron chi connectivity index (χ4n) is 2.94. The van der Waals surface area contributed by atoms with Gasteiger partial charge in [0.2, 0.25) is 0 Å². The SMILES string of the molecule is CN1CCN(C(=O)c2cc(Cl)ccc2Cl)C(c2ccccc2)C1. The third kappa shape index (κ3) is 3.52. The van der Waals surface area contributed by atoms with E-state index in [1.54, 1.807) is 18.2 Å². The maximum Gasteiger partial charge on any atom is 0.256 e. The first kappa shape index (κ1) is 16.3. The summed E-state index contributed by atoms with van der Waals surface area (Å²) in [4.78, 5) is 17.2. The number of carbonyl (C=O) groups is 1. The standard InChI is InChI=1S/C18H18Cl2N2O/c1-21-9-10-22(17(12-21)13-5-3-2-4-6-13)18(23)15-11-14(19)7-8-16(15)20/h2-8,11,17H,9-10,12H2,1H3. The summed E-state index contributed by atoms with van der Waals surface area (Å²) in [7, 11) is 2.07. The summed E-state index contributed by atoms with van der Waals surface area (Å²) in [5.74, 6) is -0.0700. The third-order valence-electron chi connectivity index (χ3n) is 4.19. The van der Waals surface area contributed by atoms with E-state index < -0.39 is 0 Å². The Hall–Kier alpha value is -1.55. The number of amides is 1. The summed E-state index contributed by atoms with van der Waals surface area (Å²) in [6.07, 6.45) is 0. The molecule has 1 aliphatic heterocycles. The highest BCUT2D eigenvalue weighted by atomic mass is 35.5. The van der Waals surface area contributed by atoms with Gasteiger partial charge in [0.15, 0.2) is 0 Å². The van der Waals surface area contributed by atoms with Crippen LogP contribution in [0.25, 0.3) is 0 Å². The Kier molecular flexibility index (Phi) is 4.90. The Morgan fingerprint density at radius 1 is 1.09 bits per heavy atom. The van der Waals surface area contributed by atoms with Crippen LogP contribution in [-0.4, -0.2) is 42.4 Å². The number of rotatable bonds is 2. The Morgan fingerprint density at radius 2 is 1.83 bits per heavy atom. The molecule has 0 radical (unpaired) electrons. The van der Waals surface area contributed by atoms with Gasteiger partial charge in [-0.1, -0.05) is 53.5 Å². The summed E-state index contributed by atoms with van der Waals surface area (Å²) >= 11 is 12.3. The highest BCUT2D eigenvalue weighted by molar-refractivity contribution is 6.35. The van der Waals surface area contributed by atoms with E-state index in [1.807, 2.05) is 23.1 Å². The van der Waals surface area contributed by atoms with Gasteiger partial charge in [-0.3, -0.25) is 4.79 Å². The fraction of sp³-hybridized carbons (Fsp3) is 0.278. The lowest BCUT2D eigenvalue weighted by atomic mass is 10.0. The maximum absolute atomic E-state index is 13.0. The molecule has 1 heterocycles. The Labute approximate surface area is 146 Å². The molecule has 1 unspecified atom stereocenters. The molecule has 1 amide bonds. The van der Waals surface area contributed by atoms with Crippen molar-refractivity contribution in [2.24, 2.45) is 0 Å². The van der Waals surface area contributed by atoms with E-state index >= 15 is 0 Å². The van der Waals surface area contributed by atoms with Gasteiger partial charge >= 0.3 is 0 Å². The molecule has 1 aliphatic rings. The van der Waals surface area contributed by atoms with E-state index in [0.29, 0.717) is 22.2 Å². The minimum atomic E-state index is -0.0700. The predicted octanol–water partition coefficient (Wildman–Crippen LogP) is 4.12. The normalized spacial score (nSPS) is 18.9. The molecule has 1 fully saturated rings. The van der Waals surface area contributed by atoms with Crippen LogP contribution in [0.2, 0.25) is 10.0 Å². The van der Waals surface area contributed by atoms with Crippen LogP contribution in [0.15, 0.2) is 48.5 Å². The molecule has 23 heavy (non-hydrogen) atoms. The molecule has 0 aliphatic carbocycles. The fourth-order valence-corrected chi connectivity index (χ4v) is 3.31. The highest BCUT2D eigenvalue weighted by Gasteiger charge is 2.31. The molecular weight excluding hydrogens is 331 g/mol. The first-order valence-electron chi connectivity index (χ1n) is 7.56. The number of piperazine rings is 1. The zero-order valence-electron chi connectivity index (χ0n) is 12.9. The molecule has 120 valence electrons. The van der Waals surface area contributed by atoms with Crippen LogP contribution >= 0.6 is 23.2 Å². The quantitative estimate of drug-likeness (QED) is 0.814. The van der Waals surface area contributed by atoms with Crippen molar-refractivity contribution in [2.75, 3.05) is 26.7 Å². The lowest BCUT2D eigenvalue weighted by Crippen LogP contribution is -2.49. The van der Waals surface area contributed by atoms with Crippen molar-refractivity contribution in [3.63, 3.8) is 0 Å². The maximum atomic E-state index is 13.0. The molecule has 1 atom stereocenters. The highest BCUT2D eigenvalue weighted by Crippen LogP contribution is 2.29. The summed E-state index contributed by atoms with van der Waals surface area (Å²) in [5.41, 5.74) is 1.59. The van der Waals surface area contributed by atoms with Gasteiger partial charge in [-0.25, -0.2) is 0 Å². The molecular formula is C18H18Cl2N2O. The Balaban J connectivity index is 1.95. The van der Waals surface area contributed by atoms with E-state index in [1.165, 1.54) is 0 Å². The zero-order chi connectivity index (χ0) is 16.4. The Bertz CT molecular complexity index is 705. The first-order chi connectivity index (χ1) is 11.1. The predicted molar refractivity (Wildman–Crippen MR) is 94.2 cm³/mol. The number of hydrogen-bond donors (Lipinski definition) is 0. The summed E-state index contributed by atoms with van der Waals surface area (Å²) in [6, 6.07) is 15.1. The minimum absolute atomic E-state index is 0.0116. The number of hydrogen-bond acceptors (Lipinski definition) is 2. The molecule has 0 N–H and O–H groups in total. The van der Waals surface area contributed by atoms with Crippen LogP contribution in [0.4, 0.5) is 0 Å². The molecule has 2 aromatic rings. The van der Waals surface area contributed by atoms with Crippen molar-refractivity contribution in [1.29, 1.82) is 0 Å². The molecule has 2 aromatic carbocycles. The molecule has 3 rings (SSSR count). The van der Waals surface area contributed by atoms with Crippen molar-refractivity contribution >= 4 is 29.1 Å². The monoisotopic (exact) mass is 348 g/mol. The van der Waals surface area contributed by atoms with Crippen LogP contribution in [0.1, 0.15) is 22.0 Å². The van der Waals surface area contributed by atoms with Gasteiger partial charge in [-0.05, 0) is 30.8 Å². The smallest absolute Gasteiger partial charge is 0.256 e. The number of benzene rings is 2. The van der Waals surface area contributed by atoms with Crippen LogP contribution in [0, 0.1) is 0 Å². The molecule has 1 saturated heterocycles. The molecule has 3 nitrogen and oxygen atoms in total. The lowest BCUT2D eigenvalue weighted by Gasteiger charge is -2.40. The molecule has 5 heteroatoms. The van der Waals surface area contributed by atoms with E-state index in [4.69, 9.17) is 23.2 Å². The van der Waals surface area contributed by atoms with Crippen LogP contribution < -0.4 is 0 Å². The Morgan fingerprint density at radius 3 is 2.57 bits per heavy atom. The number of likely N-dealkylation sites (N-methyl/N-ethyl adjacent to an activating group) is 1. The van der Waals surface area contributed by atoms with Gasteiger partial charge in [-0.2, -0.15) is 0 Å². The second kappa shape index (κ2) is 6.91. The van der Waals surface area contributed by atoms with Gasteiger partial charge in [0.25, 0.3) is 5.91 Å². The van der Waals surface area contributed by atoms with Crippen LogP contribution in [0.3, 0.4) is 0 Å². The minimum Gasteiger partial charge on any atom is -0.329 e. The second-order valence-corrected chi connectivity index (χ2v) is 6.66. The number of carbonyl (C=O) groups excluding carboxylic acids is 1. The average Bonchev–Trinajstić information content (AvgIpc) is 2.57. The molecule has 0 spiro atoms. The average molecular weight is 349 g/mol. The number of halogens is 2. The van der Waals surface area contributed by atoms with Crippen LogP contribution in [0.5, 0.6) is 0 Å². The lowest BCUT2D eigenvalue weighted by molar-refractivity contribution is 0.0498. The van der Waals surface area contributed by atoms with Crippen molar-refractivity contribution < 1.29 is 4.79 Å². The van der Waals surface area contributed by atoms with Crippen molar-refractivity contribution in [3.8, 4) is 0 Å². The van der Waals surface area contributed by atoms with Crippen molar-refractivity contribution in [2.45, 2.75) is 6.04 Å². The van der Waals surface area contributed by atoms with Gasteiger partial charge in [-0.15, -0.1) is 0 Å². The first-order valence-corrected chi connectivity index (χ1v) is 8.31. The van der Waals surface area contributed by atoms with Crippen molar-refractivity contribution in [1.82, 2.24) is 9.80 Å². The summed E-state index contributed by atoms with van der Waals surface area (Å²) in [5, 5.41) is 0.952. The van der Waals surface area contributed by atoms with E-state index in [-0.39, 0.29) is 11.9 Å². The summed E-state index contributed by atoms with van der Waals surface area (Å²) in [6.45, 7) is 2.30. The van der Waals surface area contributed by atoms with Gasteiger partial charge in [0.05, 0.1) is 16.6 Å². The number of nitrogens with zero attached hydrogens (tertiary/aromatic N) is 2. The summed E-state index contributed by atoms with van der Waals surface area (Å²) < 4.78 is 0. The van der Waals surface area contributed by atoms with Gasteiger partial charge < -0.3 is 9.80 Å². The largest absolute Gasteiger partial charge is 0.329 e.